The molecule has 5 heteroatoms. The molecule has 0 amide bonds. The summed E-state index contributed by atoms with van der Waals surface area (Å²) < 4.78 is 0. The zero-order chi connectivity index (χ0) is 12.7. The fraction of sp³-hybridized carbons (Fsp3) is 0.182. The second-order valence-electron chi connectivity index (χ2n) is 2.23. The molecule has 0 aliphatic rings. The van der Waals surface area contributed by atoms with E-state index >= 15 is 0 Å². The van der Waals surface area contributed by atoms with Gasteiger partial charge in [0.2, 0.25) is 0 Å². The predicted molar refractivity (Wildman–Crippen MR) is 62.1 cm³/mol. The Labute approximate surface area is 107 Å². The smallest absolute Gasteiger partial charge is 0.106 e. The third kappa shape index (κ3) is 15.1. The van der Waals surface area contributed by atoms with Crippen LogP contribution in [0.5, 0.6) is 0 Å². The van der Waals surface area contributed by atoms with Crippen LogP contribution in [-0.4, -0.2) is 34.5 Å². The standard InChI is InChI=1S/C8H11N.3CH2O.Cr/c1-9(2)8-6-4-3-5-7-8;3*1-2;/h3-7H,1-2H3;3*1H2;. The summed E-state index contributed by atoms with van der Waals surface area (Å²) in [6.07, 6.45) is 0. The van der Waals surface area contributed by atoms with Gasteiger partial charge in [0, 0.05) is 37.1 Å². The molecule has 0 unspecified atom stereocenters. The van der Waals surface area contributed by atoms with Gasteiger partial charge in [-0.3, -0.25) is 0 Å². The van der Waals surface area contributed by atoms with Gasteiger partial charge >= 0.3 is 0 Å². The van der Waals surface area contributed by atoms with Crippen molar-refractivity contribution >= 4 is 26.1 Å². The molecule has 1 rings (SSSR count). The van der Waals surface area contributed by atoms with Crippen LogP contribution < -0.4 is 4.90 Å². The Bertz CT molecular complexity index is 215. The molecular formula is C11H17CrNO3. The SMILES string of the molecule is C=O.C=O.C=O.CN(C)c1ccccc1.[Cr]. The van der Waals surface area contributed by atoms with E-state index in [0.29, 0.717) is 0 Å². The summed E-state index contributed by atoms with van der Waals surface area (Å²) in [6.45, 7) is 6.00. The van der Waals surface area contributed by atoms with Crippen LogP contribution in [0.15, 0.2) is 30.3 Å². The molecule has 0 fully saturated rings. The summed E-state index contributed by atoms with van der Waals surface area (Å²) in [5.41, 5.74) is 1.25. The zero-order valence-electron chi connectivity index (χ0n) is 9.59. The fourth-order valence-corrected chi connectivity index (χ4v) is 0.726. The Morgan fingerprint density at radius 3 is 1.31 bits per heavy atom. The molecule has 0 saturated heterocycles. The van der Waals surface area contributed by atoms with E-state index in [2.05, 4.69) is 17.0 Å². The second-order valence-corrected chi connectivity index (χ2v) is 2.23. The molecule has 90 valence electrons. The minimum Gasteiger partial charge on any atom is -0.378 e. The summed E-state index contributed by atoms with van der Waals surface area (Å²) in [4.78, 5) is 26.1. The van der Waals surface area contributed by atoms with E-state index in [-0.39, 0.29) is 17.4 Å². The van der Waals surface area contributed by atoms with Crippen LogP contribution in [0.2, 0.25) is 0 Å². The number of hydrogen-bond acceptors (Lipinski definition) is 4. The molecule has 0 N–H and O–H groups in total. The van der Waals surface area contributed by atoms with Gasteiger partial charge in [-0.1, -0.05) is 18.2 Å². The number of para-hydroxylation sites is 1. The molecule has 16 heavy (non-hydrogen) atoms. The van der Waals surface area contributed by atoms with Crippen LogP contribution in [0.4, 0.5) is 5.69 Å². The molecule has 1 aromatic carbocycles. The Morgan fingerprint density at radius 1 is 0.812 bits per heavy atom. The Kier molecular flexibility index (Phi) is 35.1. The van der Waals surface area contributed by atoms with Gasteiger partial charge in [0.05, 0.1) is 0 Å². The summed E-state index contributed by atoms with van der Waals surface area (Å²) >= 11 is 0. The first-order valence-corrected chi connectivity index (χ1v) is 3.89. The Morgan fingerprint density at radius 2 is 1.12 bits per heavy atom. The van der Waals surface area contributed by atoms with Crippen LogP contribution in [-0.2, 0) is 31.7 Å². The van der Waals surface area contributed by atoms with Crippen molar-refractivity contribution in [3.8, 4) is 0 Å². The van der Waals surface area contributed by atoms with Gasteiger partial charge in [0.1, 0.15) is 20.4 Å². The van der Waals surface area contributed by atoms with E-state index in [1.807, 2.05) is 52.7 Å². The number of carbonyl (C=O) groups is 3. The average molecular weight is 263 g/mol. The van der Waals surface area contributed by atoms with Gasteiger partial charge in [-0.05, 0) is 12.1 Å². The number of anilines is 1. The van der Waals surface area contributed by atoms with Crippen LogP contribution >= 0.6 is 0 Å². The van der Waals surface area contributed by atoms with E-state index in [1.165, 1.54) is 5.69 Å². The van der Waals surface area contributed by atoms with Crippen LogP contribution in [0, 0.1) is 0 Å². The minimum absolute atomic E-state index is 0. The number of rotatable bonds is 1. The van der Waals surface area contributed by atoms with Crippen molar-refractivity contribution in [2.75, 3.05) is 19.0 Å². The molecule has 0 atom stereocenters. The van der Waals surface area contributed by atoms with Gasteiger partial charge in [-0.2, -0.15) is 0 Å². The number of nitrogens with zero attached hydrogens (tertiary/aromatic N) is 1. The first-order valence-electron chi connectivity index (χ1n) is 3.89. The monoisotopic (exact) mass is 263 g/mol. The van der Waals surface area contributed by atoms with Gasteiger partial charge < -0.3 is 19.3 Å². The second kappa shape index (κ2) is 23.4. The quantitative estimate of drug-likeness (QED) is 0.764. The van der Waals surface area contributed by atoms with Crippen LogP contribution in [0.3, 0.4) is 0 Å². The van der Waals surface area contributed by atoms with Gasteiger partial charge in [-0.25, -0.2) is 0 Å². The van der Waals surface area contributed by atoms with Gasteiger partial charge in [0.15, 0.2) is 0 Å². The van der Waals surface area contributed by atoms with Crippen molar-refractivity contribution in [3.05, 3.63) is 30.3 Å². The maximum atomic E-state index is 8.00. The molecule has 0 saturated carbocycles. The third-order valence-corrected chi connectivity index (χ3v) is 1.27. The molecule has 0 aliphatic carbocycles. The van der Waals surface area contributed by atoms with Gasteiger partial charge in [0.25, 0.3) is 0 Å². The minimum atomic E-state index is 0. The van der Waals surface area contributed by atoms with Crippen molar-refractivity contribution in [2.24, 2.45) is 0 Å². The first kappa shape index (κ1) is 24.0. The Hall–Kier alpha value is -1.44. The number of hydrogen-bond donors (Lipinski definition) is 0. The maximum Gasteiger partial charge on any atom is 0.106 e. The molecule has 0 aromatic heterocycles. The fourth-order valence-electron chi connectivity index (χ4n) is 0.726. The van der Waals surface area contributed by atoms with E-state index in [9.17, 15) is 0 Å². The third-order valence-electron chi connectivity index (χ3n) is 1.27. The van der Waals surface area contributed by atoms with Crippen molar-refractivity contribution in [3.63, 3.8) is 0 Å². The summed E-state index contributed by atoms with van der Waals surface area (Å²) in [7, 11) is 4.07. The molecular weight excluding hydrogens is 246 g/mol. The first-order chi connectivity index (χ1) is 7.30. The van der Waals surface area contributed by atoms with Crippen molar-refractivity contribution in [1.29, 1.82) is 0 Å². The summed E-state index contributed by atoms with van der Waals surface area (Å²) in [5.74, 6) is 0. The molecule has 0 bridgehead atoms. The summed E-state index contributed by atoms with van der Waals surface area (Å²) in [6, 6.07) is 10.3. The Balaban J connectivity index is -0.0000000900. The predicted octanol–water partition coefficient (Wildman–Crippen LogP) is 1.20. The number of benzene rings is 1. The van der Waals surface area contributed by atoms with Crippen LogP contribution in [0.25, 0.3) is 0 Å². The molecule has 0 aliphatic heterocycles. The normalized spacial score (nSPS) is 5.88. The van der Waals surface area contributed by atoms with Gasteiger partial charge in [-0.15, -0.1) is 0 Å². The molecule has 0 spiro atoms. The average Bonchev–Trinajstić information content (AvgIpc) is 2.38. The van der Waals surface area contributed by atoms with E-state index in [1.54, 1.807) is 0 Å². The van der Waals surface area contributed by atoms with Crippen molar-refractivity contribution in [1.82, 2.24) is 0 Å². The van der Waals surface area contributed by atoms with E-state index < -0.39 is 0 Å². The zero-order valence-corrected chi connectivity index (χ0v) is 10.9. The number of carbonyl (C=O) groups excluding carboxylic acids is 3. The molecule has 0 heterocycles. The topological polar surface area (TPSA) is 54.5 Å². The van der Waals surface area contributed by atoms with E-state index in [4.69, 9.17) is 14.4 Å². The molecule has 1 aromatic rings. The maximum absolute atomic E-state index is 8.00. The largest absolute Gasteiger partial charge is 0.378 e. The van der Waals surface area contributed by atoms with E-state index in [0.717, 1.165) is 0 Å². The van der Waals surface area contributed by atoms with Crippen molar-refractivity contribution in [2.45, 2.75) is 0 Å². The molecule has 4 nitrogen and oxygen atoms in total. The molecule has 0 radical (unpaired) electrons. The van der Waals surface area contributed by atoms with Crippen LogP contribution in [0.1, 0.15) is 0 Å². The van der Waals surface area contributed by atoms with Crippen molar-refractivity contribution < 1.29 is 31.7 Å². The summed E-state index contributed by atoms with van der Waals surface area (Å²) in [5, 5.41) is 0.